The highest BCUT2D eigenvalue weighted by Gasteiger charge is 2.46. The van der Waals surface area contributed by atoms with E-state index >= 15 is 0 Å². The number of benzene rings is 13. The number of nitrogens with zero attached hydrogens (tertiary/aromatic N) is 2. The van der Waals surface area contributed by atoms with Gasteiger partial charge in [-0.2, -0.15) is 0 Å². The molecule has 0 atom stereocenters. The summed E-state index contributed by atoms with van der Waals surface area (Å²) in [6.07, 6.45) is 0. The van der Waals surface area contributed by atoms with E-state index in [9.17, 15) is 0 Å². The molecule has 0 N–H and O–H groups in total. The molecule has 0 fully saturated rings. The van der Waals surface area contributed by atoms with E-state index in [1.807, 2.05) is 0 Å². The van der Waals surface area contributed by atoms with Crippen molar-refractivity contribution in [2.45, 2.75) is 50.9 Å². The molecule has 2 nitrogen and oxygen atoms in total. The van der Waals surface area contributed by atoms with Crippen molar-refractivity contribution >= 4 is 55.7 Å². The minimum absolute atomic E-state index is 0.00982. The maximum absolute atomic E-state index is 2.55. The fraction of sp³-hybridized carbons (Fsp3) is 0.0976. The van der Waals surface area contributed by atoms with Crippen LogP contribution in [0.1, 0.15) is 73.6 Å². The molecule has 15 rings (SSSR count). The first-order chi connectivity index (χ1) is 41.1. The summed E-state index contributed by atoms with van der Waals surface area (Å²) in [5, 5.41) is 4.74. The van der Waals surface area contributed by atoms with Crippen molar-refractivity contribution in [1.29, 1.82) is 0 Å². The standard InChI is InChI=1S/C82H64N2/c1-80(2,3)57-41-43-63(44-42-57)84(62-33-19-10-20-34-62)65-46-50-70-73(54-65)79(56-40-48-69-67-36-22-24-38-75(67)82(77(69)52-56,58-25-11-6-12-26-58)59-27-13-7-14-28-59)71-49-45-64(83(60-29-15-8-16-30-60)61-31-17-9-18-32-61)53-72(71)78(70)55-39-47-68-66-35-21-23-37-74(66)81(4,5)76(68)51-55/h6-54H,1-5H3. The maximum atomic E-state index is 2.55. The van der Waals surface area contributed by atoms with Gasteiger partial charge in [0.1, 0.15) is 0 Å². The summed E-state index contributed by atoms with van der Waals surface area (Å²) in [6.45, 7) is 11.7. The lowest BCUT2D eigenvalue weighted by Crippen LogP contribution is -2.28. The Morgan fingerprint density at radius 1 is 0.274 bits per heavy atom. The predicted molar refractivity (Wildman–Crippen MR) is 355 cm³/mol. The zero-order valence-corrected chi connectivity index (χ0v) is 48.2. The third-order valence-electron chi connectivity index (χ3n) is 18.3. The highest BCUT2D eigenvalue weighted by atomic mass is 15.1. The minimum Gasteiger partial charge on any atom is -0.310 e. The average molecular weight is 1080 g/mol. The molecule has 0 saturated carbocycles. The first-order valence-corrected chi connectivity index (χ1v) is 29.6. The van der Waals surface area contributed by atoms with Crippen molar-refractivity contribution in [2.75, 3.05) is 9.80 Å². The van der Waals surface area contributed by atoms with E-state index < -0.39 is 5.41 Å². The lowest BCUT2D eigenvalue weighted by Gasteiger charge is -2.34. The van der Waals surface area contributed by atoms with Gasteiger partial charge in [-0.1, -0.05) is 247 Å². The molecular weight excluding hydrogens is 1010 g/mol. The molecule has 0 radical (unpaired) electrons. The van der Waals surface area contributed by atoms with Crippen molar-refractivity contribution < 1.29 is 0 Å². The molecular formula is C82H64N2. The monoisotopic (exact) mass is 1080 g/mol. The van der Waals surface area contributed by atoms with Crippen LogP contribution in [-0.2, 0) is 16.2 Å². The van der Waals surface area contributed by atoms with Gasteiger partial charge in [-0.15, -0.1) is 0 Å². The van der Waals surface area contributed by atoms with Gasteiger partial charge in [0.05, 0.1) is 5.41 Å². The predicted octanol–water partition coefficient (Wildman–Crippen LogP) is 22.2. The fourth-order valence-corrected chi connectivity index (χ4v) is 14.3. The molecule has 2 aliphatic carbocycles. The molecule has 0 unspecified atom stereocenters. The Bertz CT molecular complexity index is 4560. The van der Waals surface area contributed by atoms with Crippen LogP contribution in [0, 0.1) is 0 Å². The van der Waals surface area contributed by atoms with Gasteiger partial charge >= 0.3 is 0 Å². The van der Waals surface area contributed by atoms with Gasteiger partial charge in [-0.25, -0.2) is 0 Å². The van der Waals surface area contributed by atoms with Gasteiger partial charge in [-0.3, -0.25) is 0 Å². The Morgan fingerprint density at radius 3 is 1.10 bits per heavy atom. The Morgan fingerprint density at radius 2 is 0.631 bits per heavy atom. The first-order valence-electron chi connectivity index (χ1n) is 29.6. The number of fused-ring (bicyclic) bond motifs is 8. The number of hydrogen-bond donors (Lipinski definition) is 0. The van der Waals surface area contributed by atoms with Crippen LogP contribution < -0.4 is 9.80 Å². The van der Waals surface area contributed by atoms with Gasteiger partial charge in [0.2, 0.25) is 0 Å². The highest BCUT2D eigenvalue weighted by Crippen LogP contribution is 2.58. The molecule has 13 aromatic carbocycles. The highest BCUT2D eigenvalue weighted by molar-refractivity contribution is 6.23. The summed E-state index contributed by atoms with van der Waals surface area (Å²) in [6, 6.07) is 111. The van der Waals surface area contributed by atoms with Crippen LogP contribution in [0.5, 0.6) is 0 Å². The summed E-state index contributed by atoms with van der Waals surface area (Å²) in [5.74, 6) is 0. The summed E-state index contributed by atoms with van der Waals surface area (Å²) in [7, 11) is 0. The van der Waals surface area contributed by atoms with Crippen molar-refractivity contribution in [3.63, 3.8) is 0 Å². The van der Waals surface area contributed by atoms with E-state index in [0.29, 0.717) is 0 Å². The third-order valence-corrected chi connectivity index (χ3v) is 18.3. The first kappa shape index (κ1) is 50.9. The Kier molecular flexibility index (Phi) is 12.0. The van der Waals surface area contributed by atoms with E-state index in [1.165, 1.54) is 105 Å². The van der Waals surface area contributed by atoms with Crippen molar-refractivity contribution in [1.82, 2.24) is 0 Å². The van der Waals surface area contributed by atoms with Gasteiger partial charge in [-0.05, 0) is 195 Å². The molecule has 0 spiro atoms. The second kappa shape index (κ2) is 19.9. The average Bonchev–Trinajstić information content (AvgIpc) is 2.11. The van der Waals surface area contributed by atoms with Crippen LogP contribution in [-0.4, -0.2) is 0 Å². The molecule has 2 heteroatoms. The molecule has 0 aliphatic heterocycles. The van der Waals surface area contributed by atoms with Gasteiger partial charge in [0, 0.05) is 39.5 Å². The fourth-order valence-electron chi connectivity index (χ4n) is 14.3. The molecule has 84 heavy (non-hydrogen) atoms. The second-order valence-electron chi connectivity index (χ2n) is 24.4. The Hall–Kier alpha value is -10.0. The maximum Gasteiger partial charge on any atom is 0.0713 e. The van der Waals surface area contributed by atoms with Crippen molar-refractivity contribution in [3.05, 3.63) is 336 Å². The number of para-hydroxylation sites is 3. The van der Waals surface area contributed by atoms with E-state index in [1.54, 1.807) is 0 Å². The summed E-state index contributed by atoms with van der Waals surface area (Å²) in [4.78, 5) is 4.84. The normalized spacial score (nSPS) is 13.5. The van der Waals surface area contributed by atoms with Crippen LogP contribution in [0.4, 0.5) is 34.1 Å². The third kappa shape index (κ3) is 8.07. The molecule has 13 aromatic rings. The van der Waals surface area contributed by atoms with Crippen molar-refractivity contribution in [2.24, 2.45) is 0 Å². The lowest BCUT2D eigenvalue weighted by atomic mass is 9.67. The molecule has 0 saturated heterocycles. The second-order valence-corrected chi connectivity index (χ2v) is 24.4. The van der Waals surface area contributed by atoms with Crippen LogP contribution in [0.2, 0.25) is 0 Å². The SMILES string of the molecule is CC(C)(C)c1ccc(N(c2ccccc2)c2ccc3c(-c4ccc5c(c4)C(C)(C)c4ccccc4-5)c4cc(N(c5ccccc5)c5ccccc5)ccc4c(-c4ccc5c(c4)C(c4ccccc4)(c4ccccc4)c4ccccc4-5)c3c2)cc1. The van der Waals surface area contributed by atoms with Crippen LogP contribution in [0.15, 0.2) is 297 Å². The smallest absolute Gasteiger partial charge is 0.0713 e. The number of rotatable bonds is 10. The molecule has 0 bridgehead atoms. The molecule has 2 aliphatic rings. The summed E-state index contributed by atoms with van der Waals surface area (Å²) >= 11 is 0. The number of hydrogen-bond acceptors (Lipinski definition) is 2. The van der Waals surface area contributed by atoms with Crippen molar-refractivity contribution in [3.8, 4) is 44.5 Å². The van der Waals surface area contributed by atoms with Crippen LogP contribution in [0.3, 0.4) is 0 Å². The quantitative estimate of drug-likeness (QED) is 0.126. The van der Waals surface area contributed by atoms with Gasteiger partial charge in [0.15, 0.2) is 0 Å². The summed E-state index contributed by atoms with van der Waals surface area (Å²) in [5.41, 5.74) is 24.8. The Balaban J connectivity index is 1.07. The molecule has 0 aromatic heterocycles. The number of anilines is 6. The van der Waals surface area contributed by atoms with E-state index in [2.05, 4.69) is 342 Å². The Labute approximate surface area is 494 Å². The largest absolute Gasteiger partial charge is 0.310 e. The molecule has 0 heterocycles. The molecule has 402 valence electrons. The summed E-state index contributed by atoms with van der Waals surface area (Å²) < 4.78 is 0. The minimum atomic E-state index is -0.585. The lowest BCUT2D eigenvalue weighted by molar-refractivity contribution is 0.590. The van der Waals surface area contributed by atoms with E-state index in [4.69, 9.17) is 0 Å². The van der Waals surface area contributed by atoms with Crippen LogP contribution >= 0.6 is 0 Å². The van der Waals surface area contributed by atoms with Crippen LogP contribution in [0.25, 0.3) is 66.1 Å². The van der Waals surface area contributed by atoms with Gasteiger partial charge < -0.3 is 9.80 Å². The van der Waals surface area contributed by atoms with Gasteiger partial charge in [0.25, 0.3) is 0 Å². The van der Waals surface area contributed by atoms with E-state index in [-0.39, 0.29) is 10.8 Å². The topological polar surface area (TPSA) is 6.48 Å². The zero-order chi connectivity index (χ0) is 56.7. The van der Waals surface area contributed by atoms with E-state index in [0.717, 1.165) is 34.1 Å². The zero-order valence-electron chi connectivity index (χ0n) is 48.2. The molecule has 0 amide bonds.